The summed E-state index contributed by atoms with van der Waals surface area (Å²) < 4.78 is 30.6. The molecule has 5 heteroatoms. The van der Waals surface area contributed by atoms with Crippen molar-refractivity contribution in [2.75, 3.05) is 0 Å². The maximum Gasteiger partial charge on any atom is 0.294 e. The lowest BCUT2D eigenvalue weighted by Crippen LogP contribution is -2.34. The van der Waals surface area contributed by atoms with Crippen LogP contribution in [0.2, 0.25) is 0 Å². The molecule has 0 fully saturated rings. The number of aliphatic hydroxyl groups is 1. The van der Waals surface area contributed by atoms with Crippen LogP contribution in [0.25, 0.3) is 0 Å². The Hall–Kier alpha value is -0.130. The highest BCUT2D eigenvalue weighted by atomic mass is 32.2. The van der Waals surface area contributed by atoms with Gasteiger partial charge in [-0.05, 0) is 19.8 Å². The first kappa shape index (κ1) is 20.9. The summed E-state index contributed by atoms with van der Waals surface area (Å²) in [6.07, 6.45) is 14.4. The second-order valence-corrected chi connectivity index (χ2v) is 8.12. The van der Waals surface area contributed by atoms with Crippen molar-refractivity contribution in [2.45, 2.75) is 102 Å². The van der Waals surface area contributed by atoms with Gasteiger partial charge in [-0.25, -0.2) is 0 Å². The zero-order valence-corrected chi connectivity index (χ0v) is 14.6. The van der Waals surface area contributed by atoms with Gasteiger partial charge in [0, 0.05) is 0 Å². The van der Waals surface area contributed by atoms with E-state index in [-0.39, 0.29) is 6.42 Å². The lowest BCUT2D eigenvalue weighted by atomic mass is 10.0. The van der Waals surface area contributed by atoms with Gasteiger partial charge in [0.2, 0.25) is 0 Å². The second-order valence-electron chi connectivity index (χ2n) is 6.29. The number of unbranched alkanes of at least 4 members (excludes halogenated alkanes) is 11. The summed E-state index contributed by atoms with van der Waals surface area (Å²) >= 11 is 0. The highest BCUT2D eigenvalue weighted by Gasteiger charge is 2.34. The number of rotatable bonds is 14. The highest BCUT2D eigenvalue weighted by Crippen LogP contribution is 2.21. The van der Waals surface area contributed by atoms with Crippen LogP contribution in [-0.2, 0) is 10.1 Å². The molecule has 0 saturated heterocycles. The van der Waals surface area contributed by atoms with Crippen molar-refractivity contribution in [3.05, 3.63) is 0 Å². The molecule has 128 valence electrons. The summed E-state index contributed by atoms with van der Waals surface area (Å²) in [5.41, 5.74) is 0. The quantitative estimate of drug-likeness (QED) is 0.360. The summed E-state index contributed by atoms with van der Waals surface area (Å²) in [6, 6.07) is 0. The first-order chi connectivity index (χ1) is 9.81. The molecule has 0 aliphatic rings. The Balaban J connectivity index is 3.34. The van der Waals surface area contributed by atoms with Crippen molar-refractivity contribution < 1.29 is 18.1 Å². The van der Waals surface area contributed by atoms with E-state index in [9.17, 15) is 13.5 Å². The predicted molar refractivity (Wildman–Crippen MR) is 87.9 cm³/mol. The van der Waals surface area contributed by atoms with Crippen molar-refractivity contribution in [3.63, 3.8) is 0 Å². The molecule has 4 nitrogen and oxygen atoms in total. The Bertz CT molecular complexity index is 336. The fourth-order valence-corrected chi connectivity index (χ4v) is 2.83. The topological polar surface area (TPSA) is 74.6 Å². The molecule has 0 aromatic rings. The van der Waals surface area contributed by atoms with Gasteiger partial charge in [-0.2, -0.15) is 8.42 Å². The van der Waals surface area contributed by atoms with Crippen LogP contribution in [0.3, 0.4) is 0 Å². The van der Waals surface area contributed by atoms with Crippen LogP contribution in [0.15, 0.2) is 0 Å². The van der Waals surface area contributed by atoms with E-state index >= 15 is 0 Å². The highest BCUT2D eigenvalue weighted by molar-refractivity contribution is 7.87. The molecule has 1 unspecified atom stereocenters. The van der Waals surface area contributed by atoms with Gasteiger partial charge in [0.05, 0.1) is 0 Å². The Kier molecular flexibility index (Phi) is 11.4. The van der Waals surface area contributed by atoms with E-state index in [0.29, 0.717) is 6.42 Å². The maximum absolute atomic E-state index is 10.9. The van der Waals surface area contributed by atoms with E-state index in [2.05, 4.69) is 6.92 Å². The summed E-state index contributed by atoms with van der Waals surface area (Å²) in [7, 11) is -4.36. The predicted octanol–water partition coefficient (Wildman–Crippen LogP) is 4.67. The Morgan fingerprint density at radius 2 is 1.10 bits per heavy atom. The van der Waals surface area contributed by atoms with Crippen molar-refractivity contribution in [1.82, 2.24) is 0 Å². The molecule has 0 amide bonds. The third kappa shape index (κ3) is 11.1. The summed E-state index contributed by atoms with van der Waals surface area (Å²) in [4.78, 5) is -1.99. The van der Waals surface area contributed by atoms with Crippen LogP contribution in [0.5, 0.6) is 0 Å². The van der Waals surface area contributed by atoms with E-state index in [1.807, 2.05) is 0 Å². The van der Waals surface area contributed by atoms with Gasteiger partial charge in [0.15, 0.2) is 4.93 Å². The van der Waals surface area contributed by atoms with Crippen molar-refractivity contribution >= 4 is 10.1 Å². The second kappa shape index (κ2) is 11.4. The monoisotopic (exact) mass is 322 g/mol. The first-order valence-electron chi connectivity index (χ1n) is 8.50. The van der Waals surface area contributed by atoms with Gasteiger partial charge < -0.3 is 5.11 Å². The summed E-state index contributed by atoms with van der Waals surface area (Å²) in [6.45, 7) is 3.39. The Labute approximate surface area is 131 Å². The zero-order chi connectivity index (χ0) is 16.2. The molecule has 0 radical (unpaired) electrons. The van der Waals surface area contributed by atoms with E-state index in [1.54, 1.807) is 0 Å². The van der Waals surface area contributed by atoms with Crippen LogP contribution in [-0.4, -0.2) is 23.0 Å². The molecule has 0 aliphatic carbocycles. The molecule has 1 atom stereocenters. The van der Waals surface area contributed by atoms with Crippen molar-refractivity contribution in [2.24, 2.45) is 0 Å². The average molecular weight is 323 g/mol. The van der Waals surface area contributed by atoms with Crippen LogP contribution in [0, 0.1) is 0 Å². The normalized spacial score (nSPS) is 15.0. The van der Waals surface area contributed by atoms with Gasteiger partial charge in [0.1, 0.15) is 0 Å². The number of hydrogen-bond donors (Lipinski definition) is 2. The summed E-state index contributed by atoms with van der Waals surface area (Å²) in [5, 5.41) is 9.57. The third-order valence-corrected chi connectivity index (χ3v) is 5.37. The van der Waals surface area contributed by atoms with E-state index in [1.165, 1.54) is 57.8 Å². The lowest BCUT2D eigenvalue weighted by molar-refractivity contribution is 0.119. The average Bonchev–Trinajstić information content (AvgIpc) is 2.38. The Morgan fingerprint density at radius 1 is 0.762 bits per heavy atom. The van der Waals surface area contributed by atoms with Crippen LogP contribution in [0.1, 0.15) is 97.3 Å². The van der Waals surface area contributed by atoms with Crippen LogP contribution in [0.4, 0.5) is 0 Å². The minimum atomic E-state index is -4.36. The van der Waals surface area contributed by atoms with Crippen LogP contribution >= 0.6 is 0 Å². The van der Waals surface area contributed by atoms with Crippen molar-refractivity contribution in [3.8, 4) is 0 Å². The molecule has 2 N–H and O–H groups in total. The van der Waals surface area contributed by atoms with Gasteiger partial charge in [0.25, 0.3) is 10.1 Å². The molecule has 0 spiro atoms. The maximum atomic E-state index is 10.9. The van der Waals surface area contributed by atoms with E-state index in [0.717, 1.165) is 19.8 Å². The Morgan fingerprint density at radius 3 is 1.43 bits per heavy atom. The van der Waals surface area contributed by atoms with E-state index in [4.69, 9.17) is 4.55 Å². The lowest BCUT2D eigenvalue weighted by Gasteiger charge is -2.19. The molecule has 0 saturated carbocycles. The van der Waals surface area contributed by atoms with Gasteiger partial charge in [-0.1, -0.05) is 77.6 Å². The largest absolute Gasteiger partial charge is 0.373 e. The van der Waals surface area contributed by atoms with Gasteiger partial charge in [-0.3, -0.25) is 4.55 Å². The smallest absolute Gasteiger partial charge is 0.294 e. The summed E-state index contributed by atoms with van der Waals surface area (Å²) in [5.74, 6) is 0. The fraction of sp³-hybridized carbons (Fsp3) is 1.00. The molecule has 0 rings (SSSR count). The van der Waals surface area contributed by atoms with Crippen molar-refractivity contribution in [1.29, 1.82) is 0 Å². The minimum Gasteiger partial charge on any atom is -0.373 e. The molecule has 0 heterocycles. The fourth-order valence-electron chi connectivity index (χ4n) is 2.42. The van der Waals surface area contributed by atoms with Gasteiger partial charge >= 0.3 is 0 Å². The van der Waals surface area contributed by atoms with Gasteiger partial charge in [-0.15, -0.1) is 0 Å². The molecule has 0 aromatic carbocycles. The molecule has 0 aliphatic heterocycles. The minimum absolute atomic E-state index is 0.100. The molecule has 21 heavy (non-hydrogen) atoms. The first-order valence-corrected chi connectivity index (χ1v) is 9.94. The van der Waals surface area contributed by atoms with Crippen LogP contribution < -0.4 is 0 Å². The molecule has 0 bridgehead atoms. The standard InChI is InChI=1S/C16H34O4S/c1-3-4-5-6-7-8-9-10-11-12-13-14-15-16(2,17)21(18,19)20/h17H,3-15H2,1-2H3,(H,18,19,20). The number of hydrogen-bond acceptors (Lipinski definition) is 3. The molecular formula is C16H34O4S. The molecular weight excluding hydrogens is 288 g/mol. The van der Waals surface area contributed by atoms with E-state index < -0.39 is 15.1 Å². The third-order valence-electron chi connectivity index (χ3n) is 4.05. The SMILES string of the molecule is CCCCCCCCCCCCCCC(C)(O)S(=O)(=O)O. The zero-order valence-electron chi connectivity index (χ0n) is 13.8. The molecule has 0 aromatic heterocycles.